The third-order valence-electron chi connectivity index (χ3n) is 2.77. The smallest absolute Gasteiger partial charge is 0.339 e. The molecule has 0 heterocycles. The number of anilines is 1. The van der Waals surface area contributed by atoms with E-state index in [0.717, 1.165) is 0 Å². The normalized spacial score (nSPS) is 9.91. The number of nitrogens with one attached hydrogen (secondary N) is 1. The monoisotopic (exact) mass is 319 g/mol. The SMILES string of the molecule is COC(=O)c1ccccc1NC(=O)COc1cccc(Cl)c1. The number of esters is 1. The Bertz CT molecular complexity index is 687. The van der Waals surface area contributed by atoms with Crippen LogP contribution in [0.25, 0.3) is 0 Å². The summed E-state index contributed by atoms with van der Waals surface area (Å²) in [6, 6.07) is 13.3. The molecular weight excluding hydrogens is 306 g/mol. The molecule has 0 unspecified atom stereocenters. The van der Waals surface area contributed by atoms with Crippen LogP contribution in [-0.2, 0) is 9.53 Å². The molecule has 0 bridgehead atoms. The Morgan fingerprint density at radius 3 is 2.64 bits per heavy atom. The van der Waals surface area contributed by atoms with Gasteiger partial charge in [-0.1, -0.05) is 29.8 Å². The molecule has 6 heteroatoms. The highest BCUT2D eigenvalue weighted by Crippen LogP contribution is 2.18. The second kappa shape index (κ2) is 7.47. The Labute approximate surface area is 132 Å². The van der Waals surface area contributed by atoms with Gasteiger partial charge in [-0.15, -0.1) is 0 Å². The summed E-state index contributed by atoms with van der Waals surface area (Å²) in [7, 11) is 1.28. The van der Waals surface area contributed by atoms with Crippen molar-refractivity contribution in [3.8, 4) is 5.75 Å². The van der Waals surface area contributed by atoms with E-state index in [0.29, 0.717) is 16.5 Å². The largest absolute Gasteiger partial charge is 0.484 e. The van der Waals surface area contributed by atoms with Gasteiger partial charge in [0.1, 0.15) is 5.75 Å². The number of amides is 1. The van der Waals surface area contributed by atoms with Crippen LogP contribution in [0.5, 0.6) is 5.75 Å². The van der Waals surface area contributed by atoms with Crippen molar-refractivity contribution in [1.29, 1.82) is 0 Å². The molecule has 0 aliphatic rings. The van der Waals surface area contributed by atoms with Gasteiger partial charge >= 0.3 is 5.97 Å². The zero-order valence-corrected chi connectivity index (χ0v) is 12.6. The number of ether oxygens (including phenoxy) is 2. The molecule has 2 rings (SSSR count). The second-order valence-electron chi connectivity index (χ2n) is 4.33. The topological polar surface area (TPSA) is 64.6 Å². The van der Waals surface area contributed by atoms with E-state index in [4.69, 9.17) is 16.3 Å². The highest BCUT2D eigenvalue weighted by Gasteiger charge is 2.13. The standard InChI is InChI=1S/C16H14ClNO4/c1-21-16(20)13-7-2-3-8-14(13)18-15(19)10-22-12-6-4-5-11(17)9-12/h2-9H,10H2,1H3,(H,18,19). The molecule has 114 valence electrons. The Hall–Kier alpha value is -2.53. The fourth-order valence-electron chi connectivity index (χ4n) is 1.77. The maximum Gasteiger partial charge on any atom is 0.339 e. The van der Waals surface area contributed by atoms with Crippen LogP contribution in [0, 0.1) is 0 Å². The lowest BCUT2D eigenvalue weighted by atomic mass is 10.2. The fraction of sp³-hybridized carbons (Fsp3) is 0.125. The summed E-state index contributed by atoms with van der Waals surface area (Å²) in [5, 5.41) is 3.14. The molecular formula is C16H14ClNO4. The number of carbonyl (C=O) groups is 2. The van der Waals surface area contributed by atoms with Crippen LogP contribution >= 0.6 is 11.6 Å². The van der Waals surface area contributed by atoms with Gasteiger partial charge in [-0.3, -0.25) is 4.79 Å². The number of hydrogen-bond donors (Lipinski definition) is 1. The number of carbonyl (C=O) groups excluding carboxylic acids is 2. The maximum absolute atomic E-state index is 11.9. The molecule has 0 aliphatic heterocycles. The van der Waals surface area contributed by atoms with E-state index in [2.05, 4.69) is 10.1 Å². The summed E-state index contributed by atoms with van der Waals surface area (Å²) in [4.78, 5) is 23.5. The zero-order chi connectivity index (χ0) is 15.9. The number of para-hydroxylation sites is 1. The minimum absolute atomic E-state index is 0.199. The first-order valence-corrected chi connectivity index (χ1v) is 6.83. The van der Waals surface area contributed by atoms with E-state index < -0.39 is 11.9 Å². The van der Waals surface area contributed by atoms with Crippen molar-refractivity contribution in [3.05, 3.63) is 59.1 Å². The number of methoxy groups -OCH3 is 1. The van der Waals surface area contributed by atoms with Crippen molar-refractivity contribution < 1.29 is 19.1 Å². The van der Waals surface area contributed by atoms with Gasteiger partial charge in [-0.05, 0) is 30.3 Å². The molecule has 0 saturated heterocycles. The summed E-state index contributed by atoms with van der Waals surface area (Å²) in [6.45, 7) is -0.199. The minimum Gasteiger partial charge on any atom is -0.484 e. The summed E-state index contributed by atoms with van der Waals surface area (Å²) < 4.78 is 10.00. The lowest BCUT2D eigenvalue weighted by Crippen LogP contribution is -2.21. The second-order valence-corrected chi connectivity index (χ2v) is 4.77. The van der Waals surface area contributed by atoms with Crippen LogP contribution in [0.4, 0.5) is 5.69 Å². The highest BCUT2D eigenvalue weighted by atomic mass is 35.5. The molecule has 1 N–H and O–H groups in total. The first-order chi connectivity index (χ1) is 10.6. The van der Waals surface area contributed by atoms with Crippen molar-refractivity contribution in [3.63, 3.8) is 0 Å². The van der Waals surface area contributed by atoms with Gasteiger partial charge in [0, 0.05) is 5.02 Å². The predicted octanol–water partition coefficient (Wildman–Crippen LogP) is 3.14. The van der Waals surface area contributed by atoms with Gasteiger partial charge in [-0.2, -0.15) is 0 Å². The molecule has 0 saturated carbocycles. The first-order valence-electron chi connectivity index (χ1n) is 6.45. The summed E-state index contributed by atoms with van der Waals surface area (Å²) in [6.07, 6.45) is 0. The molecule has 0 fully saturated rings. The van der Waals surface area contributed by atoms with Crippen LogP contribution in [-0.4, -0.2) is 25.6 Å². The first kappa shape index (κ1) is 15.9. The van der Waals surface area contributed by atoms with Crippen molar-refractivity contribution in [2.75, 3.05) is 19.0 Å². The van der Waals surface area contributed by atoms with Crippen molar-refractivity contribution >= 4 is 29.2 Å². The van der Waals surface area contributed by atoms with Crippen LogP contribution in [0.3, 0.4) is 0 Å². The predicted molar refractivity (Wildman–Crippen MR) is 83.4 cm³/mol. The lowest BCUT2D eigenvalue weighted by Gasteiger charge is -2.10. The molecule has 2 aromatic rings. The molecule has 0 atom stereocenters. The van der Waals surface area contributed by atoms with Gasteiger partial charge < -0.3 is 14.8 Å². The molecule has 22 heavy (non-hydrogen) atoms. The lowest BCUT2D eigenvalue weighted by molar-refractivity contribution is -0.118. The summed E-state index contributed by atoms with van der Waals surface area (Å²) in [5.41, 5.74) is 0.648. The van der Waals surface area contributed by atoms with E-state index in [9.17, 15) is 9.59 Å². The van der Waals surface area contributed by atoms with E-state index in [-0.39, 0.29) is 12.2 Å². The van der Waals surface area contributed by atoms with Crippen LogP contribution in [0.15, 0.2) is 48.5 Å². The highest BCUT2D eigenvalue weighted by molar-refractivity contribution is 6.30. The Morgan fingerprint density at radius 2 is 1.91 bits per heavy atom. The molecule has 0 aromatic heterocycles. The van der Waals surface area contributed by atoms with Crippen molar-refractivity contribution in [2.45, 2.75) is 0 Å². The van der Waals surface area contributed by atoms with E-state index in [1.807, 2.05) is 0 Å². The molecule has 1 amide bonds. The van der Waals surface area contributed by atoms with E-state index in [1.54, 1.807) is 48.5 Å². The Kier molecular flexibility index (Phi) is 5.38. The quantitative estimate of drug-likeness (QED) is 0.860. The van der Waals surface area contributed by atoms with Gasteiger partial charge in [0.15, 0.2) is 6.61 Å². The minimum atomic E-state index is -0.522. The Morgan fingerprint density at radius 1 is 1.14 bits per heavy atom. The summed E-state index contributed by atoms with van der Waals surface area (Å²) >= 11 is 5.83. The summed E-state index contributed by atoms with van der Waals surface area (Å²) in [5.74, 6) is -0.424. The average molecular weight is 320 g/mol. The van der Waals surface area contributed by atoms with Crippen LogP contribution in [0.1, 0.15) is 10.4 Å². The van der Waals surface area contributed by atoms with Gasteiger partial charge in [0.05, 0.1) is 18.4 Å². The van der Waals surface area contributed by atoms with Crippen molar-refractivity contribution in [2.24, 2.45) is 0 Å². The van der Waals surface area contributed by atoms with Crippen molar-refractivity contribution in [1.82, 2.24) is 0 Å². The molecule has 0 spiro atoms. The molecule has 0 radical (unpaired) electrons. The molecule has 0 aliphatic carbocycles. The van der Waals surface area contributed by atoms with E-state index >= 15 is 0 Å². The molecule has 2 aromatic carbocycles. The number of rotatable bonds is 5. The van der Waals surface area contributed by atoms with Gasteiger partial charge in [0.2, 0.25) is 0 Å². The van der Waals surface area contributed by atoms with Crippen LogP contribution in [0.2, 0.25) is 5.02 Å². The number of halogens is 1. The average Bonchev–Trinajstić information content (AvgIpc) is 2.53. The Balaban J connectivity index is 1.99. The van der Waals surface area contributed by atoms with Gasteiger partial charge in [-0.25, -0.2) is 4.79 Å². The van der Waals surface area contributed by atoms with Gasteiger partial charge in [0.25, 0.3) is 5.91 Å². The third kappa shape index (κ3) is 4.23. The number of hydrogen-bond acceptors (Lipinski definition) is 4. The fourth-order valence-corrected chi connectivity index (χ4v) is 1.95. The maximum atomic E-state index is 11.9. The molecule has 5 nitrogen and oxygen atoms in total. The zero-order valence-electron chi connectivity index (χ0n) is 11.8. The third-order valence-corrected chi connectivity index (χ3v) is 3.01. The van der Waals surface area contributed by atoms with Crippen LogP contribution < -0.4 is 10.1 Å². The van der Waals surface area contributed by atoms with E-state index in [1.165, 1.54) is 7.11 Å². The number of benzene rings is 2.